The number of rotatable bonds is 14. The zero-order valence-electron chi connectivity index (χ0n) is 16.9. The maximum Gasteiger partial charge on any atom is 0.0208 e. The van der Waals surface area contributed by atoms with Gasteiger partial charge in [-0.2, -0.15) is 0 Å². The van der Waals surface area contributed by atoms with Crippen molar-refractivity contribution in [3.8, 4) is 0 Å². The molecule has 0 aliphatic carbocycles. The van der Waals surface area contributed by atoms with E-state index >= 15 is 0 Å². The van der Waals surface area contributed by atoms with Crippen molar-refractivity contribution in [1.82, 2.24) is 5.32 Å². The summed E-state index contributed by atoms with van der Waals surface area (Å²) in [5.74, 6) is 0.690. The molecule has 0 unspecified atom stereocenters. The van der Waals surface area contributed by atoms with Crippen molar-refractivity contribution in [3.05, 3.63) is 48.1 Å². The third kappa shape index (κ3) is 8.23. The highest BCUT2D eigenvalue weighted by Gasteiger charge is 2.21. The molecule has 0 aromatic carbocycles. The molecule has 0 saturated heterocycles. The summed E-state index contributed by atoms with van der Waals surface area (Å²) in [5.41, 5.74) is 4.50. The number of hydrogen-bond donors (Lipinski definition) is 1. The molecule has 1 heteroatoms. The van der Waals surface area contributed by atoms with E-state index in [2.05, 4.69) is 44.5 Å². The Balaban J connectivity index is 2.90. The number of allylic oxidation sites excluding steroid dienone is 3. The van der Waals surface area contributed by atoms with Gasteiger partial charge in [0.15, 0.2) is 0 Å². The van der Waals surface area contributed by atoms with Gasteiger partial charge in [-0.3, -0.25) is 0 Å². The van der Waals surface area contributed by atoms with Crippen molar-refractivity contribution in [2.24, 2.45) is 5.92 Å². The van der Waals surface area contributed by atoms with E-state index in [0.29, 0.717) is 5.92 Å². The Hall–Kier alpha value is -1.08. The molecular formula is C24H41N. The Bertz CT molecular complexity index is 429. The largest absolute Gasteiger partial charge is 0.312 e. The Morgan fingerprint density at radius 2 is 1.64 bits per heavy atom. The highest BCUT2D eigenvalue weighted by molar-refractivity contribution is 5.44. The van der Waals surface area contributed by atoms with Crippen LogP contribution in [0.4, 0.5) is 0 Å². The zero-order valence-corrected chi connectivity index (χ0v) is 16.9. The molecular weight excluding hydrogens is 302 g/mol. The summed E-state index contributed by atoms with van der Waals surface area (Å²) in [6, 6.07) is 0. The molecule has 0 radical (unpaired) electrons. The van der Waals surface area contributed by atoms with Gasteiger partial charge in [-0.25, -0.2) is 0 Å². The van der Waals surface area contributed by atoms with Crippen LogP contribution >= 0.6 is 0 Å². The molecule has 0 fully saturated rings. The van der Waals surface area contributed by atoms with E-state index in [1.54, 1.807) is 11.1 Å². The first kappa shape index (κ1) is 22.0. The third-order valence-corrected chi connectivity index (χ3v) is 5.40. The van der Waals surface area contributed by atoms with Crippen LogP contribution in [0.3, 0.4) is 0 Å². The lowest BCUT2D eigenvalue weighted by Gasteiger charge is -2.28. The molecule has 0 aromatic rings. The molecule has 0 saturated carbocycles. The Labute approximate surface area is 157 Å². The van der Waals surface area contributed by atoms with Crippen LogP contribution in [0.5, 0.6) is 0 Å². The van der Waals surface area contributed by atoms with Crippen molar-refractivity contribution < 1.29 is 0 Å². The van der Waals surface area contributed by atoms with Gasteiger partial charge in [-0.05, 0) is 48.4 Å². The zero-order chi connectivity index (χ0) is 18.3. The van der Waals surface area contributed by atoms with Crippen LogP contribution in [0.2, 0.25) is 0 Å². The first-order chi connectivity index (χ1) is 12.3. The van der Waals surface area contributed by atoms with Crippen molar-refractivity contribution in [1.29, 1.82) is 0 Å². The number of unbranched alkanes of at least 4 members (excludes halogenated alkanes) is 6. The molecule has 1 aliphatic rings. The number of nitrogens with one attached hydrogen (secondary N) is 1. The van der Waals surface area contributed by atoms with Gasteiger partial charge in [-0.1, -0.05) is 96.6 Å². The monoisotopic (exact) mass is 343 g/mol. The number of hydrogen-bond acceptors (Lipinski definition) is 1. The van der Waals surface area contributed by atoms with E-state index in [-0.39, 0.29) is 0 Å². The molecule has 1 nitrogen and oxygen atoms in total. The van der Waals surface area contributed by atoms with Gasteiger partial charge in [0.25, 0.3) is 0 Å². The molecule has 0 aromatic heterocycles. The second kappa shape index (κ2) is 14.1. The lowest BCUT2D eigenvalue weighted by atomic mass is 9.80. The maximum atomic E-state index is 4.06. The van der Waals surface area contributed by atoms with Gasteiger partial charge < -0.3 is 5.32 Å². The minimum Gasteiger partial charge on any atom is -0.312 e. The molecule has 25 heavy (non-hydrogen) atoms. The highest BCUT2D eigenvalue weighted by Crippen LogP contribution is 2.34. The summed E-state index contributed by atoms with van der Waals surface area (Å²) >= 11 is 0. The highest BCUT2D eigenvalue weighted by atomic mass is 14.9. The van der Waals surface area contributed by atoms with Gasteiger partial charge in [0, 0.05) is 6.54 Å². The van der Waals surface area contributed by atoms with Crippen molar-refractivity contribution in [3.63, 3.8) is 0 Å². The minimum absolute atomic E-state index is 0.690. The average Bonchev–Trinajstić information content (AvgIpc) is 2.65. The average molecular weight is 344 g/mol. The lowest BCUT2D eigenvalue weighted by Crippen LogP contribution is -2.26. The lowest BCUT2D eigenvalue weighted by molar-refractivity contribution is 0.454. The third-order valence-electron chi connectivity index (χ3n) is 5.40. The molecule has 142 valence electrons. The second-order valence-corrected chi connectivity index (χ2v) is 7.39. The fraction of sp³-hybridized carbons (Fsp3) is 0.667. The van der Waals surface area contributed by atoms with Gasteiger partial charge in [0.2, 0.25) is 0 Å². The van der Waals surface area contributed by atoms with Crippen LogP contribution in [0.25, 0.3) is 0 Å². The first-order valence-electron chi connectivity index (χ1n) is 10.7. The summed E-state index contributed by atoms with van der Waals surface area (Å²) in [4.78, 5) is 0. The molecule has 1 rings (SSSR count). The van der Waals surface area contributed by atoms with Crippen molar-refractivity contribution in [2.75, 3.05) is 13.1 Å². The Morgan fingerprint density at radius 3 is 2.16 bits per heavy atom. The predicted molar refractivity (Wildman–Crippen MR) is 114 cm³/mol. The van der Waals surface area contributed by atoms with E-state index in [1.165, 1.54) is 69.8 Å². The van der Waals surface area contributed by atoms with Crippen LogP contribution < -0.4 is 5.32 Å². The minimum atomic E-state index is 0.690. The van der Waals surface area contributed by atoms with Crippen molar-refractivity contribution >= 4 is 0 Å². The maximum absolute atomic E-state index is 4.06. The van der Waals surface area contributed by atoms with Gasteiger partial charge >= 0.3 is 0 Å². The summed E-state index contributed by atoms with van der Waals surface area (Å²) in [5, 5.41) is 3.49. The molecule has 1 aliphatic heterocycles. The molecule has 0 amide bonds. The first-order valence-corrected chi connectivity index (χ1v) is 10.7. The molecule has 0 bridgehead atoms. The van der Waals surface area contributed by atoms with Crippen LogP contribution in [-0.4, -0.2) is 13.1 Å². The van der Waals surface area contributed by atoms with Crippen LogP contribution in [-0.2, 0) is 0 Å². The van der Waals surface area contributed by atoms with Crippen molar-refractivity contribution in [2.45, 2.75) is 84.5 Å². The Kier molecular flexibility index (Phi) is 12.4. The van der Waals surface area contributed by atoms with E-state index in [4.69, 9.17) is 0 Å². The summed E-state index contributed by atoms with van der Waals surface area (Å²) < 4.78 is 0. The summed E-state index contributed by atoms with van der Waals surface area (Å²) in [7, 11) is 0. The molecule has 0 atom stereocenters. The van der Waals surface area contributed by atoms with E-state index in [0.717, 1.165) is 19.5 Å². The fourth-order valence-electron chi connectivity index (χ4n) is 3.93. The van der Waals surface area contributed by atoms with Gasteiger partial charge in [0.1, 0.15) is 0 Å². The van der Waals surface area contributed by atoms with Crippen LogP contribution in [0.1, 0.15) is 84.5 Å². The predicted octanol–water partition coefficient (Wildman–Crippen LogP) is 7.13. The smallest absolute Gasteiger partial charge is 0.0208 e. The molecule has 1 heterocycles. The second-order valence-electron chi connectivity index (χ2n) is 7.39. The van der Waals surface area contributed by atoms with E-state index < -0.39 is 0 Å². The standard InChI is InChI=1S/C24H41N/c1-5-9-11-13-16-22(17-14-12-10-6-2)23(15-7-3)24-18-19-25-20-21(24)8-4/h7-8,15,22,25H,3-6,9-14,16-20H2,1-2H3/b23-15-. The SMILES string of the molecule is C=C/C=C(\C1=C(C=C)CNCC1)C(CCCCCC)CCCCCC. The van der Waals surface area contributed by atoms with Gasteiger partial charge in [-0.15, -0.1) is 0 Å². The van der Waals surface area contributed by atoms with Gasteiger partial charge in [0.05, 0.1) is 0 Å². The van der Waals surface area contributed by atoms with E-state index in [9.17, 15) is 0 Å². The summed E-state index contributed by atoms with van der Waals surface area (Å²) in [6.45, 7) is 14.7. The fourth-order valence-corrected chi connectivity index (χ4v) is 3.93. The quantitative estimate of drug-likeness (QED) is 0.261. The topological polar surface area (TPSA) is 12.0 Å². The van der Waals surface area contributed by atoms with E-state index in [1.807, 2.05) is 6.08 Å². The van der Waals surface area contributed by atoms with Crippen LogP contribution in [0.15, 0.2) is 48.1 Å². The Morgan fingerprint density at radius 1 is 1.00 bits per heavy atom. The molecule has 1 N–H and O–H groups in total. The van der Waals surface area contributed by atoms with Crippen LogP contribution in [0, 0.1) is 5.92 Å². The summed E-state index contributed by atoms with van der Waals surface area (Å²) in [6.07, 6.45) is 21.0. The molecule has 0 spiro atoms. The normalized spacial score (nSPS) is 15.7.